The highest BCUT2D eigenvalue weighted by Crippen LogP contribution is 2.24. The van der Waals surface area contributed by atoms with Crippen LogP contribution in [0.4, 0.5) is 5.69 Å². The Morgan fingerprint density at radius 2 is 2.22 bits per heavy atom. The summed E-state index contributed by atoms with van der Waals surface area (Å²) in [4.78, 5) is 12.8. The zero-order chi connectivity index (χ0) is 13.0. The zero-order valence-corrected chi connectivity index (χ0v) is 10.8. The van der Waals surface area contributed by atoms with E-state index in [1.54, 1.807) is 12.1 Å². The first-order valence-corrected chi connectivity index (χ1v) is 6.40. The SMILES string of the molecule is O=[N+]([O-])c1ccc(Cl)cc1CN1CCCNCC1. The first-order valence-electron chi connectivity index (χ1n) is 6.03. The number of nitro groups is 1. The van der Waals surface area contributed by atoms with Crippen molar-refractivity contribution >= 4 is 17.3 Å². The first-order chi connectivity index (χ1) is 8.66. The van der Waals surface area contributed by atoms with Crippen LogP contribution in [0.3, 0.4) is 0 Å². The van der Waals surface area contributed by atoms with Crippen molar-refractivity contribution in [3.63, 3.8) is 0 Å². The van der Waals surface area contributed by atoms with Gasteiger partial charge in [0.05, 0.1) is 4.92 Å². The third kappa shape index (κ3) is 3.41. The Balaban J connectivity index is 2.15. The van der Waals surface area contributed by atoms with Crippen LogP contribution in [0.15, 0.2) is 18.2 Å². The molecule has 1 heterocycles. The van der Waals surface area contributed by atoms with Gasteiger partial charge >= 0.3 is 0 Å². The zero-order valence-electron chi connectivity index (χ0n) is 10.1. The predicted molar refractivity (Wildman–Crippen MR) is 70.9 cm³/mol. The summed E-state index contributed by atoms with van der Waals surface area (Å²) in [5.41, 5.74) is 0.839. The molecule has 0 atom stereocenters. The minimum atomic E-state index is -0.346. The molecule has 1 aromatic rings. The van der Waals surface area contributed by atoms with E-state index in [0.29, 0.717) is 17.1 Å². The van der Waals surface area contributed by atoms with Crippen LogP contribution in [0.1, 0.15) is 12.0 Å². The van der Waals surface area contributed by atoms with Gasteiger partial charge in [0.2, 0.25) is 0 Å². The summed E-state index contributed by atoms with van der Waals surface area (Å²) in [5.74, 6) is 0. The van der Waals surface area contributed by atoms with Gasteiger partial charge in [-0.2, -0.15) is 0 Å². The van der Waals surface area contributed by atoms with Crippen molar-refractivity contribution in [1.29, 1.82) is 0 Å². The number of hydrogen-bond donors (Lipinski definition) is 1. The molecule has 0 saturated carbocycles. The molecule has 0 aromatic heterocycles. The van der Waals surface area contributed by atoms with Gasteiger partial charge < -0.3 is 5.32 Å². The molecule has 1 aromatic carbocycles. The summed E-state index contributed by atoms with van der Waals surface area (Å²) in [6.45, 7) is 4.38. The number of nitro benzene ring substituents is 1. The van der Waals surface area contributed by atoms with Crippen LogP contribution in [0, 0.1) is 10.1 Å². The molecule has 98 valence electrons. The molecule has 1 aliphatic rings. The summed E-state index contributed by atoms with van der Waals surface area (Å²) < 4.78 is 0. The molecule has 1 fully saturated rings. The quantitative estimate of drug-likeness (QED) is 0.674. The minimum absolute atomic E-state index is 0.150. The standard InChI is InChI=1S/C12H16ClN3O2/c13-11-2-3-12(16(17)18)10(8-11)9-15-6-1-4-14-5-7-15/h2-3,8,14H,1,4-7,9H2. The number of rotatable bonds is 3. The van der Waals surface area contributed by atoms with Crippen molar-refractivity contribution < 1.29 is 4.92 Å². The first kappa shape index (κ1) is 13.3. The molecule has 1 N–H and O–H groups in total. The van der Waals surface area contributed by atoms with Crippen LogP contribution in [-0.4, -0.2) is 36.0 Å². The second kappa shape index (κ2) is 6.13. The fraction of sp³-hybridized carbons (Fsp3) is 0.500. The maximum absolute atomic E-state index is 11.0. The van der Waals surface area contributed by atoms with E-state index in [4.69, 9.17) is 11.6 Å². The number of nitrogens with one attached hydrogen (secondary N) is 1. The summed E-state index contributed by atoms with van der Waals surface area (Å²) in [6.07, 6.45) is 1.06. The highest BCUT2D eigenvalue weighted by molar-refractivity contribution is 6.30. The molecular formula is C12H16ClN3O2. The van der Waals surface area contributed by atoms with Crippen molar-refractivity contribution in [1.82, 2.24) is 10.2 Å². The fourth-order valence-electron chi connectivity index (χ4n) is 2.16. The van der Waals surface area contributed by atoms with Crippen molar-refractivity contribution in [3.05, 3.63) is 38.9 Å². The van der Waals surface area contributed by atoms with Gasteiger partial charge in [-0.05, 0) is 31.6 Å². The molecular weight excluding hydrogens is 254 g/mol. The van der Waals surface area contributed by atoms with Gasteiger partial charge in [-0.3, -0.25) is 15.0 Å². The molecule has 5 nitrogen and oxygen atoms in total. The summed E-state index contributed by atoms with van der Waals surface area (Å²) in [7, 11) is 0. The maximum atomic E-state index is 11.0. The van der Waals surface area contributed by atoms with Crippen LogP contribution < -0.4 is 5.32 Å². The van der Waals surface area contributed by atoms with Gasteiger partial charge in [-0.15, -0.1) is 0 Å². The van der Waals surface area contributed by atoms with Crippen molar-refractivity contribution in [3.8, 4) is 0 Å². The van der Waals surface area contributed by atoms with Gasteiger partial charge in [-0.25, -0.2) is 0 Å². The van der Waals surface area contributed by atoms with E-state index < -0.39 is 0 Å². The molecule has 18 heavy (non-hydrogen) atoms. The lowest BCUT2D eigenvalue weighted by atomic mass is 10.1. The lowest BCUT2D eigenvalue weighted by Gasteiger charge is -2.19. The van der Waals surface area contributed by atoms with Gasteiger partial charge in [0, 0.05) is 36.3 Å². The molecule has 2 rings (SSSR count). The molecule has 0 amide bonds. The van der Waals surface area contributed by atoms with Crippen molar-refractivity contribution in [2.24, 2.45) is 0 Å². The van der Waals surface area contributed by atoms with E-state index in [2.05, 4.69) is 10.2 Å². The van der Waals surface area contributed by atoms with Gasteiger partial charge in [0.1, 0.15) is 0 Å². The van der Waals surface area contributed by atoms with E-state index in [9.17, 15) is 10.1 Å². The van der Waals surface area contributed by atoms with Crippen LogP contribution >= 0.6 is 11.6 Å². The molecule has 0 spiro atoms. The van der Waals surface area contributed by atoms with Crippen LogP contribution in [0.25, 0.3) is 0 Å². The monoisotopic (exact) mass is 269 g/mol. The average molecular weight is 270 g/mol. The second-order valence-electron chi connectivity index (χ2n) is 4.41. The normalized spacial score (nSPS) is 17.4. The number of nitrogens with zero attached hydrogens (tertiary/aromatic N) is 2. The molecule has 6 heteroatoms. The highest BCUT2D eigenvalue weighted by Gasteiger charge is 2.17. The lowest BCUT2D eigenvalue weighted by Crippen LogP contribution is -2.27. The molecule has 0 aliphatic carbocycles. The lowest BCUT2D eigenvalue weighted by molar-refractivity contribution is -0.385. The third-order valence-corrected chi connectivity index (χ3v) is 3.30. The Bertz CT molecular complexity index is 431. The van der Waals surface area contributed by atoms with Crippen LogP contribution in [0.2, 0.25) is 5.02 Å². The molecule has 0 bridgehead atoms. The number of halogens is 1. The van der Waals surface area contributed by atoms with Gasteiger partial charge in [-0.1, -0.05) is 11.6 Å². The molecule has 1 aliphatic heterocycles. The Morgan fingerprint density at radius 3 is 3.00 bits per heavy atom. The topological polar surface area (TPSA) is 58.4 Å². The Morgan fingerprint density at radius 1 is 1.39 bits per heavy atom. The highest BCUT2D eigenvalue weighted by atomic mass is 35.5. The van der Waals surface area contributed by atoms with Crippen LogP contribution in [0.5, 0.6) is 0 Å². The van der Waals surface area contributed by atoms with E-state index in [0.717, 1.165) is 32.6 Å². The predicted octanol–water partition coefficient (Wildman–Crippen LogP) is 2.04. The van der Waals surface area contributed by atoms with E-state index in [1.807, 2.05) is 0 Å². The van der Waals surface area contributed by atoms with Gasteiger partial charge in [0.25, 0.3) is 5.69 Å². The molecule has 1 saturated heterocycles. The molecule has 0 unspecified atom stereocenters. The number of benzene rings is 1. The Labute approximate surface area is 111 Å². The second-order valence-corrected chi connectivity index (χ2v) is 4.85. The van der Waals surface area contributed by atoms with E-state index in [1.165, 1.54) is 6.07 Å². The van der Waals surface area contributed by atoms with Crippen molar-refractivity contribution in [2.45, 2.75) is 13.0 Å². The summed E-state index contributed by atoms with van der Waals surface area (Å²) >= 11 is 5.92. The fourth-order valence-corrected chi connectivity index (χ4v) is 2.35. The Kier molecular flexibility index (Phi) is 4.52. The van der Waals surface area contributed by atoms with Crippen molar-refractivity contribution in [2.75, 3.05) is 26.2 Å². The van der Waals surface area contributed by atoms with E-state index >= 15 is 0 Å². The average Bonchev–Trinajstić information content (AvgIpc) is 2.57. The largest absolute Gasteiger partial charge is 0.315 e. The summed E-state index contributed by atoms with van der Waals surface area (Å²) in [5, 5.41) is 14.8. The van der Waals surface area contributed by atoms with Gasteiger partial charge in [0.15, 0.2) is 0 Å². The van der Waals surface area contributed by atoms with E-state index in [-0.39, 0.29) is 10.6 Å². The Hall–Kier alpha value is -1.17. The maximum Gasteiger partial charge on any atom is 0.273 e. The summed E-state index contributed by atoms with van der Waals surface area (Å²) in [6, 6.07) is 4.74. The minimum Gasteiger partial charge on any atom is -0.315 e. The third-order valence-electron chi connectivity index (χ3n) is 3.06. The van der Waals surface area contributed by atoms with Crippen LogP contribution in [-0.2, 0) is 6.54 Å². The molecule has 0 radical (unpaired) electrons. The smallest absolute Gasteiger partial charge is 0.273 e. The number of hydrogen-bond acceptors (Lipinski definition) is 4.